The topological polar surface area (TPSA) is 24.9 Å². The van der Waals surface area contributed by atoms with Crippen LogP contribution in [0.2, 0.25) is 5.02 Å². The Morgan fingerprint density at radius 3 is 2.48 bits per heavy atom. The van der Waals surface area contributed by atoms with E-state index in [-0.39, 0.29) is 0 Å². The molecule has 2 rings (SSSR count). The molecule has 1 unspecified atom stereocenters. The Labute approximate surface area is 132 Å². The molecular formula is C18H23ClN2. The second kappa shape index (κ2) is 7.58. The fraction of sp³-hybridized carbons (Fsp3) is 0.389. The molecule has 21 heavy (non-hydrogen) atoms. The van der Waals surface area contributed by atoms with Crippen molar-refractivity contribution in [3.63, 3.8) is 0 Å². The van der Waals surface area contributed by atoms with Crippen LogP contribution in [0.5, 0.6) is 0 Å². The SMILES string of the molecule is Cc1ccc(C(CNC(C)C)Cc2ccncc2Cl)cc1. The van der Waals surface area contributed by atoms with Gasteiger partial charge in [0.25, 0.3) is 0 Å². The Kier molecular flexibility index (Phi) is 5.77. The van der Waals surface area contributed by atoms with Crippen LogP contribution in [0.3, 0.4) is 0 Å². The smallest absolute Gasteiger partial charge is 0.0621 e. The van der Waals surface area contributed by atoms with Crippen molar-refractivity contribution < 1.29 is 0 Å². The van der Waals surface area contributed by atoms with Gasteiger partial charge in [0.05, 0.1) is 5.02 Å². The first kappa shape index (κ1) is 16.0. The van der Waals surface area contributed by atoms with Gasteiger partial charge in [0.2, 0.25) is 0 Å². The normalized spacial score (nSPS) is 12.6. The Hall–Kier alpha value is -1.38. The largest absolute Gasteiger partial charge is 0.314 e. The van der Waals surface area contributed by atoms with Gasteiger partial charge in [-0.1, -0.05) is 55.3 Å². The summed E-state index contributed by atoms with van der Waals surface area (Å²) in [5.41, 5.74) is 3.79. The minimum atomic E-state index is 0.410. The van der Waals surface area contributed by atoms with Gasteiger partial charge in [0, 0.05) is 30.9 Å². The molecule has 2 nitrogen and oxygen atoms in total. The summed E-state index contributed by atoms with van der Waals surface area (Å²) < 4.78 is 0. The van der Waals surface area contributed by atoms with Gasteiger partial charge < -0.3 is 5.32 Å². The molecule has 0 saturated carbocycles. The zero-order valence-corrected chi connectivity index (χ0v) is 13.7. The number of hydrogen-bond acceptors (Lipinski definition) is 2. The summed E-state index contributed by atoms with van der Waals surface area (Å²) in [6, 6.07) is 11.3. The van der Waals surface area contributed by atoms with Crippen molar-refractivity contribution in [3.05, 3.63) is 64.4 Å². The van der Waals surface area contributed by atoms with Crippen LogP contribution in [0.4, 0.5) is 0 Å². The number of hydrogen-bond donors (Lipinski definition) is 1. The molecule has 2 aromatic rings. The number of nitrogens with zero attached hydrogens (tertiary/aromatic N) is 1. The van der Waals surface area contributed by atoms with Crippen molar-refractivity contribution >= 4 is 11.6 Å². The molecule has 0 aliphatic rings. The molecule has 1 N–H and O–H groups in total. The molecule has 112 valence electrons. The maximum atomic E-state index is 6.26. The first-order chi connectivity index (χ1) is 10.1. The molecule has 0 fully saturated rings. The first-order valence-corrected chi connectivity index (χ1v) is 7.82. The Bertz CT molecular complexity index is 564. The molecule has 0 bridgehead atoms. The highest BCUT2D eigenvalue weighted by atomic mass is 35.5. The molecule has 0 aliphatic carbocycles. The van der Waals surface area contributed by atoms with Crippen molar-refractivity contribution in [1.82, 2.24) is 10.3 Å². The zero-order chi connectivity index (χ0) is 15.2. The van der Waals surface area contributed by atoms with Gasteiger partial charge in [-0.05, 0) is 30.5 Å². The predicted octanol–water partition coefficient (Wildman–Crippen LogP) is 4.37. The molecule has 1 heterocycles. The minimum absolute atomic E-state index is 0.410. The predicted molar refractivity (Wildman–Crippen MR) is 90.0 cm³/mol. The molecule has 0 saturated heterocycles. The molecule has 1 atom stereocenters. The molecule has 3 heteroatoms. The number of aryl methyl sites for hydroxylation is 1. The van der Waals surface area contributed by atoms with Gasteiger partial charge in [-0.2, -0.15) is 0 Å². The Morgan fingerprint density at radius 1 is 1.14 bits per heavy atom. The van der Waals surface area contributed by atoms with Crippen LogP contribution in [-0.4, -0.2) is 17.6 Å². The number of pyridine rings is 1. The van der Waals surface area contributed by atoms with Crippen LogP contribution < -0.4 is 5.32 Å². The molecule has 1 aromatic carbocycles. The van der Waals surface area contributed by atoms with Crippen LogP contribution in [0.1, 0.15) is 36.5 Å². The Morgan fingerprint density at radius 2 is 1.86 bits per heavy atom. The molecular weight excluding hydrogens is 280 g/mol. The average Bonchev–Trinajstić information content (AvgIpc) is 2.46. The lowest BCUT2D eigenvalue weighted by atomic mass is 9.91. The maximum Gasteiger partial charge on any atom is 0.0621 e. The summed E-state index contributed by atoms with van der Waals surface area (Å²) in [5, 5.41) is 4.29. The van der Waals surface area contributed by atoms with E-state index in [4.69, 9.17) is 11.6 Å². The van der Waals surface area contributed by atoms with E-state index in [1.165, 1.54) is 11.1 Å². The number of benzene rings is 1. The van der Waals surface area contributed by atoms with Crippen LogP contribution in [0.25, 0.3) is 0 Å². The van der Waals surface area contributed by atoms with Crippen LogP contribution >= 0.6 is 11.6 Å². The third-order valence-corrected chi connectivity index (χ3v) is 3.98. The first-order valence-electron chi connectivity index (χ1n) is 7.44. The second-order valence-electron chi connectivity index (χ2n) is 5.84. The van der Waals surface area contributed by atoms with E-state index in [2.05, 4.69) is 55.3 Å². The summed E-state index contributed by atoms with van der Waals surface area (Å²) in [4.78, 5) is 4.06. The minimum Gasteiger partial charge on any atom is -0.314 e. The molecule has 0 radical (unpaired) electrons. The summed E-state index contributed by atoms with van der Waals surface area (Å²) in [6.07, 6.45) is 4.45. The highest BCUT2D eigenvalue weighted by molar-refractivity contribution is 6.31. The van der Waals surface area contributed by atoms with Gasteiger partial charge in [-0.15, -0.1) is 0 Å². The lowest BCUT2D eigenvalue weighted by Gasteiger charge is -2.20. The molecule has 0 spiro atoms. The lowest BCUT2D eigenvalue weighted by Crippen LogP contribution is -2.29. The average molecular weight is 303 g/mol. The summed E-state index contributed by atoms with van der Waals surface area (Å²) in [6.45, 7) is 7.40. The van der Waals surface area contributed by atoms with Crippen LogP contribution in [-0.2, 0) is 6.42 Å². The number of rotatable bonds is 6. The third kappa shape index (κ3) is 4.83. The molecule has 1 aromatic heterocycles. The van der Waals surface area contributed by atoms with E-state index in [1.807, 2.05) is 12.3 Å². The summed E-state index contributed by atoms with van der Waals surface area (Å²) >= 11 is 6.26. The quantitative estimate of drug-likeness (QED) is 0.857. The maximum absolute atomic E-state index is 6.26. The van der Waals surface area contributed by atoms with Crippen LogP contribution in [0, 0.1) is 6.92 Å². The summed E-state index contributed by atoms with van der Waals surface area (Å²) in [5.74, 6) is 0.410. The van der Waals surface area contributed by atoms with E-state index in [1.54, 1.807) is 6.20 Å². The van der Waals surface area contributed by atoms with Gasteiger partial charge >= 0.3 is 0 Å². The van der Waals surface area contributed by atoms with Crippen molar-refractivity contribution in [3.8, 4) is 0 Å². The monoisotopic (exact) mass is 302 g/mol. The van der Waals surface area contributed by atoms with Gasteiger partial charge in [-0.3, -0.25) is 4.98 Å². The van der Waals surface area contributed by atoms with E-state index >= 15 is 0 Å². The van der Waals surface area contributed by atoms with Gasteiger partial charge in [-0.25, -0.2) is 0 Å². The van der Waals surface area contributed by atoms with E-state index in [9.17, 15) is 0 Å². The Balaban J connectivity index is 2.19. The molecule has 0 amide bonds. The fourth-order valence-electron chi connectivity index (χ4n) is 2.36. The van der Waals surface area contributed by atoms with Crippen LogP contribution in [0.15, 0.2) is 42.7 Å². The van der Waals surface area contributed by atoms with Crippen molar-refractivity contribution in [1.29, 1.82) is 0 Å². The number of nitrogens with one attached hydrogen (secondary N) is 1. The van der Waals surface area contributed by atoms with E-state index in [0.29, 0.717) is 12.0 Å². The van der Waals surface area contributed by atoms with Crippen molar-refractivity contribution in [2.75, 3.05) is 6.54 Å². The van der Waals surface area contributed by atoms with Crippen molar-refractivity contribution in [2.45, 2.75) is 39.2 Å². The standard InChI is InChI=1S/C18H23ClN2/c1-13(2)21-11-17(15-6-4-14(3)5-7-15)10-16-8-9-20-12-18(16)19/h4-9,12-13,17,21H,10-11H2,1-3H3. The lowest BCUT2D eigenvalue weighted by molar-refractivity contribution is 0.526. The van der Waals surface area contributed by atoms with E-state index < -0.39 is 0 Å². The molecule has 0 aliphatic heterocycles. The number of halogens is 1. The van der Waals surface area contributed by atoms with E-state index in [0.717, 1.165) is 23.6 Å². The third-order valence-electron chi connectivity index (χ3n) is 3.64. The van der Waals surface area contributed by atoms with Crippen molar-refractivity contribution in [2.24, 2.45) is 0 Å². The fourth-order valence-corrected chi connectivity index (χ4v) is 2.56. The second-order valence-corrected chi connectivity index (χ2v) is 6.25. The summed E-state index contributed by atoms with van der Waals surface area (Å²) in [7, 11) is 0. The highest BCUT2D eigenvalue weighted by Gasteiger charge is 2.14. The zero-order valence-electron chi connectivity index (χ0n) is 12.9. The van der Waals surface area contributed by atoms with Gasteiger partial charge in [0.15, 0.2) is 0 Å². The van der Waals surface area contributed by atoms with Gasteiger partial charge in [0.1, 0.15) is 0 Å². The highest BCUT2D eigenvalue weighted by Crippen LogP contribution is 2.24. The number of aromatic nitrogens is 1.